The topological polar surface area (TPSA) is 82.1 Å². The third kappa shape index (κ3) is 6.60. The molecule has 6 nitrogen and oxygen atoms in total. The molecule has 0 aromatic heterocycles. The zero-order valence-electron chi connectivity index (χ0n) is 17.4. The molecule has 1 N–H and O–H groups in total. The molecule has 0 saturated heterocycles. The molecule has 0 bridgehead atoms. The molecule has 3 rings (SSSR count). The van der Waals surface area contributed by atoms with E-state index in [2.05, 4.69) is 0 Å². The van der Waals surface area contributed by atoms with E-state index in [4.69, 9.17) is 14.2 Å². The minimum absolute atomic E-state index is 0.0504. The monoisotopic (exact) mass is 420 g/mol. The molecule has 1 unspecified atom stereocenters. The largest absolute Gasteiger partial charge is 0.508 e. The van der Waals surface area contributed by atoms with Crippen LogP contribution in [0.3, 0.4) is 0 Å². The fraction of sp³-hybridized carbons (Fsp3) is 0.200. The predicted molar refractivity (Wildman–Crippen MR) is 116 cm³/mol. The number of hydrogen-bond acceptors (Lipinski definition) is 6. The molecule has 6 heteroatoms. The summed E-state index contributed by atoms with van der Waals surface area (Å²) in [7, 11) is 0. The number of aromatic hydroxyl groups is 1. The fourth-order valence-corrected chi connectivity index (χ4v) is 2.76. The van der Waals surface area contributed by atoms with Crippen LogP contribution in [0.15, 0.2) is 72.8 Å². The highest BCUT2D eigenvalue weighted by atomic mass is 16.6. The molecular weight excluding hydrogens is 396 g/mol. The number of phenols is 1. The van der Waals surface area contributed by atoms with E-state index < -0.39 is 12.1 Å². The number of rotatable bonds is 9. The second-order valence-electron chi connectivity index (χ2n) is 7.09. The van der Waals surface area contributed by atoms with Crippen LogP contribution in [0.5, 0.6) is 17.2 Å². The van der Waals surface area contributed by atoms with Crippen LogP contribution in [-0.4, -0.2) is 36.2 Å². The molecule has 160 valence electrons. The minimum atomic E-state index is -0.705. The van der Waals surface area contributed by atoms with Gasteiger partial charge in [0.25, 0.3) is 0 Å². The number of carbonyl (C=O) groups excluding carboxylic acids is 2. The van der Waals surface area contributed by atoms with E-state index in [1.807, 2.05) is 31.2 Å². The number of benzene rings is 3. The summed E-state index contributed by atoms with van der Waals surface area (Å²) in [5, 5.41) is 9.40. The van der Waals surface area contributed by atoms with Crippen molar-refractivity contribution in [1.29, 1.82) is 0 Å². The molecule has 0 radical (unpaired) electrons. The normalized spacial score (nSPS) is 11.4. The Hall–Kier alpha value is -3.80. The first kappa shape index (κ1) is 21.9. The van der Waals surface area contributed by atoms with Crippen molar-refractivity contribution in [2.45, 2.75) is 20.0 Å². The van der Waals surface area contributed by atoms with Crippen LogP contribution in [0.1, 0.15) is 33.2 Å². The third-order valence-electron chi connectivity index (χ3n) is 4.51. The van der Waals surface area contributed by atoms with Crippen LogP contribution in [0.4, 0.5) is 0 Å². The number of Topliss-reactive ketones (excluding diaryl/α,β-unsaturated/α-hetero) is 1. The summed E-state index contributed by atoms with van der Waals surface area (Å²) in [6.45, 7) is 3.55. The van der Waals surface area contributed by atoms with Crippen molar-refractivity contribution in [2.75, 3.05) is 13.2 Å². The zero-order valence-corrected chi connectivity index (χ0v) is 17.4. The predicted octanol–water partition coefficient (Wildman–Crippen LogP) is 4.59. The van der Waals surface area contributed by atoms with Gasteiger partial charge in [0.15, 0.2) is 11.9 Å². The molecule has 3 aromatic carbocycles. The highest BCUT2D eigenvalue weighted by molar-refractivity contribution is 5.97. The highest BCUT2D eigenvalue weighted by Crippen LogP contribution is 2.18. The Morgan fingerprint density at radius 1 is 0.839 bits per heavy atom. The Morgan fingerprint density at radius 2 is 1.39 bits per heavy atom. The highest BCUT2D eigenvalue weighted by Gasteiger charge is 2.19. The van der Waals surface area contributed by atoms with Crippen LogP contribution in [-0.2, 0) is 4.74 Å². The molecule has 0 fully saturated rings. The van der Waals surface area contributed by atoms with Crippen molar-refractivity contribution in [3.05, 3.63) is 89.5 Å². The maximum atomic E-state index is 12.7. The van der Waals surface area contributed by atoms with Crippen LogP contribution in [0.2, 0.25) is 0 Å². The van der Waals surface area contributed by atoms with Crippen LogP contribution in [0, 0.1) is 6.92 Å². The lowest BCUT2D eigenvalue weighted by atomic mass is 10.1. The van der Waals surface area contributed by atoms with Crippen molar-refractivity contribution in [2.24, 2.45) is 0 Å². The number of ether oxygens (including phenoxy) is 3. The summed E-state index contributed by atoms with van der Waals surface area (Å²) < 4.78 is 17.1. The molecule has 31 heavy (non-hydrogen) atoms. The van der Waals surface area contributed by atoms with E-state index in [0.717, 1.165) is 5.56 Å². The molecule has 0 aliphatic rings. The quantitative estimate of drug-likeness (QED) is 0.403. The van der Waals surface area contributed by atoms with Gasteiger partial charge in [-0.2, -0.15) is 0 Å². The number of phenolic OH excluding ortho intramolecular Hbond substituents is 1. The zero-order chi connectivity index (χ0) is 22.2. The first-order valence-corrected chi connectivity index (χ1v) is 9.84. The average Bonchev–Trinajstić information content (AvgIpc) is 2.77. The molecule has 3 aromatic rings. The first-order chi connectivity index (χ1) is 14.9. The summed E-state index contributed by atoms with van der Waals surface area (Å²) in [6, 6.07) is 20.2. The number of carbonyl (C=O) groups is 2. The van der Waals surface area contributed by atoms with Crippen molar-refractivity contribution in [3.8, 4) is 17.2 Å². The molecule has 0 spiro atoms. The molecule has 0 aliphatic carbocycles. The summed E-state index contributed by atoms with van der Waals surface area (Å²) in [5.41, 5.74) is 1.82. The van der Waals surface area contributed by atoms with Gasteiger partial charge in [0, 0.05) is 5.56 Å². The Bertz CT molecular complexity index is 975. The molecule has 0 heterocycles. The van der Waals surface area contributed by atoms with Crippen LogP contribution < -0.4 is 9.47 Å². The van der Waals surface area contributed by atoms with Gasteiger partial charge < -0.3 is 19.3 Å². The minimum Gasteiger partial charge on any atom is -0.508 e. The van der Waals surface area contributed by atoms with E-state index in [1.165, 1.54) is 25.1 Å². The van der Waals surface area contributed by atoms with Crippen molar-refractivity contribution < 1.29 is 28.9 Å². The Labute approximate surface area is 181 Å². The van der Waals surface area contributed by atoms with Gasteiger partial charge in [0.1, 0.15) is 30.5 Å². The first-order valence-electron chi connectivity index (χ1n) is 9.84. The van der Waals surface area contributed by atoms with Gasteiger partial charge in [-0.3, -0.25) is 4.79 Å². The van der Waals surface area contributed by atoms with Crippen molar-refractivity contribution in [3.63, 3.8) is 0 Å². The number of esters is 1. The molecule has 0 aliphatic heterocycles. The second kappa shape index (κ2) is 10.3. The van der Waals surface area contributed by atoms with Gasteiger partial charge in [0.2, 0.25) is 0 Å². The van der Waals surface area contributed by atoms with Crippen LogP contribution in [0.25, 0.3) is 0 Å². The molecule has 0 amide bonds. The van der Waals surface area contributed by atoms with Gasteiger partial charge in [-0.05, 0) is 62.4 Å². The van der Waals surface area contributed by atoms with Gasteiger partial charge in [-0.1, -0.05) is 29.8 Å². The smallest absolute Gasteiger partial charge is 0.338 e. The summed E-state index contributed by atoms with van der Waals surface area (Å²) in [4.78, 5) is 24.3. The van der Waals surface area contributed by atoms with E-state index >= 15 is 0 Å². The lowest BCUT2D eigenvalue weighted by molar-refractivity contribution is 0.00258. The number of hydrogen-bond donors (Lipinski definition) is 1. The lowest BCUT2D eigenvalue weighted by Gasteiger charge is -2.19. The Balaban J connectivity index is 1.69. The molecular formula is C25H24O6. The Kier molecular flexibility index (Phi) is 7.27. The lowest BCUT2D eigenvalue weighted by Crippen LogP contribution is -2.31. The Morgan fingerprint density at radius 3 is 1.97 bits per heavy atom. The summed E-state index contributed by atoms with van der Waals surface area (Å²) in [6.07, 6.45) is -0.705. The van der Waals surface area contributed by atoms with Gasteiger partial charge in [0.05, 0.1) is 5.56 Å². The van der Waals surface area contributed by atoms with Gasteiger partial charge in [-0.25, -0.2) is 4.79 Å². The number of aryl methyl sites for hydroxylation is 1. The third-order valence-corrected chi connectivity index (χ3v) is 4.51. The van der Waals surface area contributed by atoms with E-state index in [9.17, 15) is 14.7 Å². The number of ketones is 1. The maximum absolute atomic E-state index is 12.7. The van der Waals surface area contributed by atoms with Crippen molar-refractivity contribution in [1.82, 2.24) is 0 Å². The summed E-state index contributed by atoms with van der Waals surface area (Å²) >= 11 is 0. The van der Waals surface area contributed by atoms with Gasteiger partial charge in [-0.15, -0.1) is 0 Å². The second-order valence-corrected chi connectivity index (χ2v) is 7.09. The van der Waals surface area contributed by atoms with Crippen LogP contribution >= 0.6 is 0 Å². The maximum Gasteiger partial charge on any atom is 0.338 e. The van der Waals surface area contributed by atoms with Gasteiger partial charge >= 0.3 is 5.97 Å². The van der Waals surface area contributed by atoms with E-state index in [-0.39, 0.29) is 30.3 Å². The molecule has 0 saturated carbocycles. The fourth-order valence-electron chi connectivity index (χ4n) is 2.76. The van der Waals surface area contributed by atoms with E-state index in [0.29, 0.717) is 17.1 Å². The average molecular weight is 420 g/mol. The SMILES string of the molecule is CC(=O)c1cccc(C(=O)OC(COc2ccc(C)cc2)COc2ccc(O)cc2)c1. The molecule has 1 atom stereocenters. The van der Waals surface area contributed by atoms with E-state index in [1.54, 1.807) is 30.3 Å². The standard InChI is InChI=1S/C25H24O6/c1-17-6-10-22(11-7-17)29-15-24(16-30-23-12-8-21(27)9-13-23)31-25(28)20-5-3-4-19(14-20)18(2)26/h3-14,24,27H,15-16H2,1-2H3. The van der Waals surface area contributed by atoms with Crippen molar-refractivity contribution >= 4 is 11.8 Å². The summed E-state index contributed by atoms with van der Waals surface area (Å²) in [5.74, 6) is 0.588.